The van der Waals surface area contributed by atoms with Crippen LogP contribution < -0.4 is 0 Å². The third-order valence-electron chi connectivity index (χ3n) is 3.59. The van der Waals surface area contributed by atoms with Crippen LogP contribution in [0.3, 0.4) is 0 Å². The van der Waals surface area contributed by atoms with Gasteiger partial charge in [-0.05, 0) is 12.8 Å². The number of epoxide rings is 1. The number of unbranched alkanes of at least 4 members (excludes halogenated alkanes) is 5. The van der Waals surface area contributed by atoms with Gasteiger partial charge in [-0.25, -0.2) is 0 Å². The van der Waals surface area contributed by atoms with Crippen LogP contribution in [0.25, 0.3) is 0 Å². The van der Waals surface area contributed by atoms with E-state index in [9.17, 15) is 0 Å². The first-order chi connectivity index (χ1) is 8.76. The van der Waals surface area contributed by atoms with Gasteiger partial charge >= 0.3 is 8.80 Å². The van der Waals surface area contributed by atoms with Gasteiger partial charge in [0, 0.05) is 27.4 Å². The Kier molecular flexibility index (Phi) is 8.09. The molecule has 0 spiro atoms. The predicted molar refractivity (Wildman–Crippen MR) is 73.6 cm³/mol. The monoisotopic (exact) mass is 276 g/mol. The van der Waals surface area contributed by atoms with E-state index in [1.165, 1.54) is 38.5 Å². The number of hydrogen-bond donors (Lipinski definition) is 0. The second-order valence-electron chi connectivity index (χ2n) is 4.91. The van der Waals surface area contributed by atoms with Crippen molar-refractivity contribution >= 4 is 8.80 Å². The zero-order chi connectivity index (χ0) is 13.3. The minimum absolute atomic E-state index is 0.599. The van der Waals surface area contributed by atoms with Gasteiger partial charge in [-0.15, -0.1) is 0 Å². The average molecular weight is 276 g/mol. The molecule has 1 aliphatic heterocycles. The summed E-state index contributed by atoms with van der Waals surface area (Å²) in [7, 11) is 2.72. The van der Waals surface area contributed by atoms with Crippen molar-refractivity contribution in [2.24, 2.45) is 0 Å². The smallest absolute Gasteiger partial charge is 0.377 e. The Hall–Kier alpha value is 0.0569. The predicted octanol–water partition coefficient (Wildman–Crippen LogP) is 2.99. The summed E-state index contributed by atoms with van der Waals surface area (Å²) < 4.78 is 21.4. The highest BCUT2D eigenvalue weighted by Crippen LogP contribution is 2.20. The van der Waals surface area contributed by atoms with E-state index in [1.54, 1.807) is 21.3 Å². The van der Waals surface area contributed by atoms with Gasteiger partial charge in [-0.3, -0.25) is 0 Å². The maximum Gasteiger partial charge on any atom is 0.500 e. The molecule has 1 heterocycles. The highest BCUT2D eigenvalue weighted by molar-refractivity contribution is 6.60. The Balaban J connectivity index is 1.89. The molecule has 1 aliphatic rings. The zero-order valence-electron chi connectivity index (χ0n) is 12.1. The first-order valence-corrected chi connectivity index (χ1v) is 8.96. The maximum atomic E-state index is 5.40. The fourth-order valence-corrected chi connectivity index (χ4v) is 4.01. The van der Waals surface area contributed by atoms with Gasteiger partial charge in [0.1, 0.15) is 0 Å². The molecule has 108 valence electrons. The van der Waals surface area contributed by atoms with Crippen molar-refractivity contribution in [1.29, 1.82) is 0 Å². The molecule has 5 heteroatoms. The lowest BCUT2D eigenvalue weighted by Crippen LogP contribution is -2.42. The molecule has 1 unspecified atom stereocenters. The Morgan fingerprint density at radius 2 is 1.39 bits per heavy atom. The van der Waals surface area contributed by atoms with Gasteiger partial charge in [0.25, 0.3) is 0 Å². The first-order valence-electron chi connectivity index (χ1n) is 7.03. The minimum Gasteiger partial charge on any atom is -0.377 e. The second kappa shape index (κ2) is 9.04. The summed E-state index contributed by atoms with van der Waals surface area (Å²) in [6.45, 7) is 0.998. The molecule has 0 aromatic rings. The van der Waals surface area contributed by atoms with E-state index < -0.39 is 8.80 Å². The molecular formula is C13H28O4Si. The second-order valence-corrected chi connectivity index (χ2v) is 8.00. The Morgan fingerprint density at radius 3 is 1.89 bits per heavy atom. The molecule has 1 atom stereocenters. The molecule has 0 radical (unpaired) electrons. The van der Waals surface area contributed by atoms with Gasteiger partial charge in [-0.2, -0.15) is 0 Å². The van der Waals surface area contributed by atoms with Crippen LogP contribution in [-0.4, -0.2) is 42.8 Å². The number of hydrogen-bond acceptors (Lipinski definition) is 4. The molecule has 18 heavy (non-hydrogen) atoms. The minimum atomic E-state index is -2.32. The fourth-order valence-electron chi connectivity index (χ4n) is 2.21. The lowest BCUT2D eigenvalue weighted by molar-refractivity contribution is 0.122. The molecule has 0 saturated carbocycles. The summed E-state index contributed by atoms with van der Waals surface area (Å²) in [5.41, 5.74) is 0. The van der Waals surface area contributed by atoms with Crippen molar-refractivity contribution in [3.63, 3.8) is 0 Å². The summed E-state index contributed by atoms with van der Waals surface area (Å²) in [4.78, 5) is 0. The number of ether oxygens (including phenoxy) is 1. The lowest BCUT2D eigenvalue weighted by atomic mass is 10.1. The van der Waals surface area contributed by atoms with Crippen molar-refractivity contribution in [2.45, 2.75) is 57.1 Å². The van der Waals surface area contributed by atoms with Gasteiger partial charge in [0.15, 0.2) is 0 Å². The van der Waals surface area contributed by atoms with Crippen LogP contribution in [0.1, 0.15) is 44.9 Å². The van der Waals surface area contributed by atoms with Gasteiger partial charge in [0.05, 0.1) is 12.7 Å². The standard InChI is InChI=1S/C13H28O4Si/c1-14-18(15-2,16-3)11-9-7-5-4-6-8-10-13-12-17-13/h13H,4-12H2,1-3H3. The van der Waals surface area contributed by atoms with Crippen molar-refractivity contribution in [1.82, 2.24) is 0 Å². The van der Waals surface area contributed by atoms with Crippen LogP contribution in [0.2, 0.25) is 6.04 Å². The van der Waals surface area contributed by atoms with E-state index in [1.807, 2.05) is 0 Å². The van der Waals surface area contributed by atoms with Crippen molar-refractivity contribution in [2.75, 3.05) is 27.9 Å². The van der Waals surface area contributed by atoms with Gasteiger partial charge in [0.2, 0.25) is 0 Å². The van der Waals surface area contributed by atoms with Crippen LogP contribution in [0, 0.1) is 0 Å². The van der Waals surface area contributed by atoms with Crippen LogP contribution in [0.15, 0.2) is 0 Å². The van der Waals surface area contributed by atoms with Crippen LogP contribution in [0.4, 0.5) is 0 Å². The normalized spacial score (nSPS) is 19.2. The molecule has 0 N–H and O–H groups in total. The molecule has 4 nitrogen and oxygen atoms in total. The fraction of sp³-hybridized carbons (Fsp3) is 1.00. The zero-order valence-corrected chi connectivity index (χ0v) is 13.1. The van der Waals surface area contributed by atoms with Gasteiger partial charge < -0.3 is 18.0 Å². The molecule has 1 rings (SSSR count). The Bertz CT molecular complexity index is 197. The Morgan fingerprint density at radius 1 is 0.889 bits per heavy atom. The summed E-state index contributed by atoms with van der Waals surface area (Å²) in [6, 6.07) is 0.923. The van der Waals surface area contributed by atoms with E-state index in [4.69, 9.17) is 18.0 Å². The van der Waals surface area contributed by atoms with Crippen LogP contribution in [0.5, 0.6) is 0 Å². The largest absolute Gasteiger partial charge is 0.500 e. The third-order valence-corrected chi connectivity index (χ3v) is 6.43. The molecule has 0 aliphatic carbocycles. The SMILES string of the molecule is CO[Si](CCCCCCCCC1CO1)(OC)OC. The van der Waals surface area contributed by atoms with E-state index in [-0.39, 0.29) is 0 Å². The Labute approximate surface area is 112 Å². The molecular weight excluding hydrogens is 248 g/mol. The molecule has 0 bridgehead atoms. The molecule has 1 saturated heterocycles. The number of rotatable bonds is 12. The highest BCUT2D eigenvalue weighted by atomic mass is 28.4. The quantitative estimate of drug-likeness (QED) is 0.312. The maximum absolute atomic E-state index is 5.40. The van der Waals surface area contributed by atoms with E-state index >= 15 is 0 Å². The van der Waals surface area contributed by atoms with Crippen molar-refractivity contribution in [3.05, 3.63) is 0 Å². The lowest BCUT2D eigenvalue weighted by Gasteiger charge is -2.24. The summed E-state index contributed by atoms with van der Waals surface area (Å²) in [6.07, 6.45) is 9.51. The van der Waals surface area contributed by atoms with E-state index in [0.29, 0.717) is 6.10 Å². The van der Waals surface area contributed by atoms with Crippen LogP contribution in [-0.2, 0) is 18.0 Å². The highest BCUT2D eigenvalue weighted by Gasteiger charge is 2.36. The van der Waals surface area contributed by atoms with Crippen LogP contribution >= 0.6 is 0 Å². The molecule has 1 fully saturated rings. The summed E-state index contributed by atoms with van der Waals surface area (Å²) >= 11 is 0. The summed E-state index contributed by atoms with van der Waals surface area (Å²) in [5.74, 6) is 0. The first kappa shape index (κ1) is 16.1. The average Bonchev–Trinajstić information content (AvgIpc) is 3.22. The van der Waals surface area contributed by atoms with E-state index in [0.717, 1.165) is 19.1 Å². The molecule has 0 aromatic heterocycles. The summed E-state index contributed by atoms with van der Waals surface area (Å²) in [5, 5.41) is 0. The topological polar surface area (TPSA) is 40.2 Å². The van der Waals surface area contributed by atoms with Crippen molar-refractivity contribution in [3.8, 4) is 0 Å². The van der Waals surface area contributed by atoms with Crippen molar-refractivity contribution < 1.29 is 18.0 Å². The van der Waals surface area contributed by atoms with E-state index in [2.05, 4.69) is 0 Å². The van der Waals surface area contributed by atoms with Gasteiger partial charge in [-0.1, -0.05) is 32.1 Å². The third kappa shape index (κ3) is 6.29. The molecule has 0 amide bonds. The molecule has 0 aromatic carbocycles.